The van der Waals surface area contributed by atoms with Gasteiger partial charge in [-0.2, -0.15) is 0 Å². The minimum atomic E-state index is -0.506. The lowest BCUT2D eigenvalue weighted by atomic mass is 10.3. The van der Waals surface area contributed by atoms with Crippen molar-refractivity contribution in [2.75, 3.05) is 5.32 Å². The lowest BCUT2D eigenvalue weighted by Gasteiger charge is -2.06. The van der Waals surface area contributed by atoms with E-state index < -0.39 is 11.7 Å². The van der Waals surface area contributed by atoms with Crippen molar-refractivity contribution in [1.82, 2.24) is 15.0 Å². The van der Waals surface area contributed by atoms with Crippen molar-refractivity contribution in [2.24, 2.45) is 0 Å². The smallest absolute Gasteiger partial charge is 0.276 e. The molecule has 0 fully saturated rings. The number of pyridine rings is 2. The molecule has 0 aliphatic carbocycles. The predicted molar refractivity (Wildman–Crippen MR) is 83.3 cm³/mol. The molecule has 8 heteroatoms. The molecule has 23 heavy (non-hydrogen) atoms. The zero-order valence-electron chi connectivity index (χ0n) is 12.0. The summed E-state index contributed by atoms with van der Waals surface area (Å²) in [6, 6.07) is 4.22. The number of ether oxygens (including phenoxy) is 1. The number of aryl methyl sites for hydroxylation is 1. The summed E-state index contributed by atoms with van der Waals surface area (Å²) in [5.74, 6) is -0.318. The Morgan fingerprint density at radius 3 is 2.91 bits per heavy atom. The molecule has 0 aromatic carbocycles. The summed E-state index contributed by atoms with van der Waals surface area (Å²) in [7, 11) is 0. The van der Waals surface area contributed by atoms with Crippen molar-refractivity contribution in [3.63, 3.8) is 0 Å². The molecule has 0 saturated carbocycles. The third-order valence-electron chi connectivity index (χ3n) is 2.72. The summed E-state index contributed by atoms with van der Waals surface area (Å²) in [5, 5.41) is 4.99. The lowest BCUT2D eigenvalue weighted by Crippen LogP contribution is -2.13. The highest BCUT2D eigenvalue weighted by Gasteiger charge is 2.11. The first-order chi connectivity index (χ1) is 11.1. The van der Waals surface area contributed by atoms with Crippen LogP contribution in [0.5, 0.6) is 11.5 Å². The molecule has 3 aromatic heterocycles. The van der Waals surface area contributed by atoms with Gasteiger partial charge in [0.15, 0.2) is 5.13 Å². The number of carbonyl (C=O) groups is 1. The van der Waals surface area contributed by atoms with Gasteiger partial charge in [-0.25, -0.2) is 9.37 Å². The van der Waals surface area contributed by atoms with E-state index in [-0.39, 0.29) is 11.4 Å². The van der Waals surface area contributed by atoms with E-state index in [1.807, 2.05) is 12.3 Å². The average Bonchev–Trinajstić information content (AvgIpc) is 2.92. The van der Waals surface area contributed by atoms with E-state index in [1.165, 1.54) is 35.9 Å². The van der Waals surface area contributed by atoms with Crippen LogP contribution in [-0.2, 0) is 0 Å². The van der Waals surface area contributed by atoms with E-state index in [2.05, 4.69) is 20.3 Å². The molecule has 0 spiro atoms. The van der Waals surface area contributed by atoms with Crippen molar-refractivity contribution in [3.05, 3.63) is 59.4 Å². The first kappa shape index (κ1) is 15.0. The van der Waals surface area contributed by atoms with Gasteiger partial charge in [-0.15, -0.1) is 11.3 Å². The van der Waals surface area contributed by atoms with E-state index in [4.69, 9.17) is 4.74 Å². The van der Waals surface area contributed by atoms with Crippen LogP contribution in [0.25, 0.3) is 0 Å². The zero-order chi connectivity index (χ0) is 16.2. The number of amides is 1. The number of hydrogen-bond donors (Lipinski definition) is 1. The summed E-state index contributed by atoms with van der Waals surface area (Å²) in [6.45, 7) is 1.84. The SMILES string of the molecule is Cc1csc(NC(=O)c2cc(Oc3cncc(F)c3)ccn2)n1. The topological polar surface area (TPSA) is 77.0 Å². The summed E-state index contributed by atoms with van der Waals surface area (Å²) in [6.07, 6.45) is 3.89. The van der Waals surface area contributed by atoms with Gasteiger partial charge >= 0.3 is 0 Å². The van der Waals surface area contributed by atoms with Gasteiger partial charge in [0, 0.05) is 23.7 Å². The Morgan fingerprint density at radius 1 is 1.30 bits per heavy atom. The van der Waals surface area contributed by atoms with Crippen LogP contribution in [0.1, 0.15) is 16.2 Å². The molecular formula is C15H11FN4O2S. The van der Waals surface area contributed by atoms with Crippen molar-refractivity contribution >= 4 is 22.4 Å². The Hall–Kier alpha value is -2.87. The largest absolute Gasteiger partial charge is 0.456 e. The summed E-state index contributed by atoms with van der Waals surface area (Å²) >= 11 is 1.33. The van der Waals surface area contributed by atoms with Gasteiger partial charge in [-0.05, 0) is 13.0 Å². The Kier molecular flexibility index (Phi) is 4.24. The first-order valence-electron chi connectivity index (χ1n) is 6.58. The minimum Gasteiger partial charge on any atom is -0.456 e. The highest BCUT2D eigenvalue weighted by molar-refractivity contribution is 7.13. The van der Waals surface area contributed by atoms with Crippen LogP contribution in [0.4, 0.5) is 9.52 Å². The number of aromatic nitrogens is 3. The summed E-state index contributed by atoms with van der Waals surface area (Å²) in [4.78, 5) is 24.0. The summed E-state index contributed by atoms with van der Waals surface area (Å²) < 4.78 is 18.6. The second kappa shape index (κ2) is 6.49. The molecule has 0 aliphatic heterocycles. The molecule has 3 rings (SSSR count). The monoisotopic (exact) mass is 330 g/mol. The standard InChI is InChI=1S/C15H11FN4O2S/c1-9-8-23-15(19-9)20-14(21)13-5-11(2-3-18-13)22-12-4-10(16)6-17-7-12/h2-8H,1H3,(H,19,20,21). The normalized spacial score (nSPS) is 10.3. The fourth-order valence-corrected chi connectivity index (χ4v) is 2.44. The van der Waals surface area contributed by atoms with Crippen molar-refractivity contribution < 1.29 is 13.9 Å². The Morgan fingerprint density at radius 2 is 2.17 bits per heavy atom. The Bertz CT molecular complexity index is 853. The van der Waals surface area contributed by atoms with E-state index in [9.17, 15) is 9.18 Å². The number of halogens is 1. The van der Waals surface area contributed by atoms with E-state index in [1.54, 1.807) is 6.07 Å². The van der Waals surface area contributed by atoms with E-state index >= 15 is 0 Å². The van der Waals surface area contributed by atoms with Gasteiger partial charge < -0.3 is 4.74 Å². The minimum absolute atomic E-state index is 0.166. The molecule has 0 saturated heterocycles. The van der Waals surface area contributed by atoms with Crippen LogP contribution in [0.15, 0.2) is 42.2 Å². The quantitative estimate of drug-likeness (QED) is 0.793. The number of carbonyl (C=O) groups excluding carboxylic acids is 1. The lowest BCUT2D eigenvalue weighted by molar-refractivity contribution is 0.102. The number of hydrogen-bond acceptors (Lipinski definition) is 6. The fourth-order valence-electron chi connectivity index (χ4n) is 1.76. The van der Waals surface area contributed by atoms with Crippen LogP contribution in [0, 0.1) is 12.7 Å². The number of nitrogens with zero attached hydrogens (tertiary/aromatic N) is 3. The van der Waals surface area contributed by atoms with Crippen molar-refractivity contribution in [3.8, 4) is 11.5 Å². The number of thiazole rings is 1. The second-order valence-corrected chi connectivity index (χ2v) is 5.42. The molecule has 116 valence electrons. The highest BCUT2D eigenvalue weighted by Crippen LogP contribution is 2.22. The first-order valence-corrected chi connectivity index (χ1v) is 7.46. The predicted octanol–water partition coefficient (Wildman–Crippen LogP) is 3.43. The Balaban J connectivity index is 1.75. The summed E-state index contributed by atoms with van der Waals surface area (Å²) in [5.41, 5.74) is 0.994. The number of rotatable bonds is 4. The van der Waals surface area contributed by atoms with Crippen LogP contribution in [0.3, 0.4) is 0 Å². The van der Waals surface area contributed by atoms with Crippen LogP contribution >= 0.6 is 11.3 Å². The highest BCUT2D eigenvalue weighted by atomic mass is 32.1. The Labute approximate surface area is 135 Å². The number of nitrogens with one attached hydrogen (secondary N) is 1. The maximum absolute atomic E-state index is 13.1. The maximum atomic E-state index is 13.1. The van der Waals surface area contributed by atoms with Gasteiger partial charge in [0.25, 0.3) is 5.91 Å². The van der Waals surface area contributed by atoms with E-state index in [0.717, 1.165) is 11.9 Å². The van der Waals surface area contributed by atoms with E-state index in [0.29, 0.717) is 10.9 Å². The molecule has 0 radical (unpaired) electrons. The molecule has 0 atom stereocenters. The third kappa shape index (κ3) is 3.86. The molecule has 0 unspecified atom stereocenters. The molecule has 1 amide bonds. The molecule has 3 aromatic rings. The third-order valence-corrected chi connectivity index (χ3v) is 3.59. The molecule has 0 aliphatic rings. The van der Waals surface area contributed by atoms with Gasteiger partial charge in [0.1, 0.15) is 23.0 Å². The van der Waals surface area contributed by atoms with Gasteiger partial charge in [0.2, 0.25) is 0 Å². The van der Waals surface area contributed by atoms with Crippen molar-refractivity contribution in [1.29, 1.82) is 0 Å². The molecule has 6 nitrogen and oxygen atoms in total. The van der Waals surface area contributed by atoms with Gasteiger partial charge in [-0.1, -0.05) is 0 Å². The fraction of sp³-hybridized carbons (Fsp3) is 0.0667. The van der Waals surface area contributed by atoms with Crippen LogP contribution < -0.4 is 10.1 Å². The molecular weight excluding hydrogens is 319 g/mol. The van der Waals surface area contributed by atoms with Gasteiger partial charge in [-0.3, -0.25) is 20.1 Å². The van der Waals surface area contributed by atoms with Crippen LogP contribution in [0.2, 0.25) is 0 Å². The zero-order valence-corrected chi connectivity index (χ0v) is 12.8. The maximum Gasteiger partial charge on any atom is 0.276 e. The molecule has 3 heterocycles. The number of anilines is 1. The van der Waals surface area contributed by atoms with Crippen molar-refractivity contribution in [2.45, 2.75) is 6.92 Å². The second-order valence-electron chi connectivity index (χ2n) is 4.57. The molecule has 0 bridgehead atoms. The average molecular weight is 330 g/mol. The van der Waals surface area contributed by atoms with Crippen LogP contribution in [-0.4, -0.2) is 20.9 Å². The van der Waals surface area contributed by atoms with Gasteiger partial charge in [0.05, 0.1) is 18.1 Å². The molecule has 1 N–H and O–H groups in total.